The van der Waals surface area contributed by atoms with Gasteiger partial charge in [0.2, 0.25) is 5.91 Å². The summed E-state index contributed by atoms with van der Waals surface area (Å²) in [6, 6.07) is 20.1. The standard InChI is InChI=1S/C26H27N3O2/c30-24-13-7-6-12-22-23(29(24)18-19-8-2-1-3-9-19)15-17-28(22)26(31)25-21-11-5-4-10-20(21)14-16-27-25/h1-5,8-11,14,16,22-23H,6-7,12-13,15,17-18H2/t22-,23+/m1/s1. The number of fused-ring (bicyclic) bond motifs is 2. The number of likely N-dealkylation sites (tertiary alicyclic amines) is 2. The van der Waals surface area contributed by atoms with E-state index >= 15 is 0 Å². The third kappa shape index (κ3) is 3.80. The lowest BCUT2D eigenvalue weighted by Gasteiger charge is -2.37. The molecule has 31 heavy (non-hydrogen) atoms. The van der Waals surface area contributed by atoms with Gasteiger partial charge in [-0.05, 0) is 36.3 Å². The number of aromatic nitrogens is 1. The van der Waals surface area contributed by atoms with Gasteiger partial charge in [0.15, 0.2) is 0 Å². The van der Waals surface area contributed by atoms with Gasteiger partial charge < -0.3 is 9.80 Å². The summed E-state index contributed by atoms with van der Waals surface area (Å²) in [4.78, 5) is 35.1. The van der Waals surface area contributed by atoms with Crippen LogP contribution in [0.4, 0.5) is 0 Å². The molecule has 2 amide bonds. The van der Waals surface area contributed by atoms with Crippen LogP contribution >= 0.6 is 0 Å². The van der Waals surface area contributed by atoms with Crippen molar-refractivity contribution in [2.75, 3.05) is 6.54 Å². The summed E-state index contributed by atoms with van der Waals surface area (Å²) in [7, 11) is 0. The van der Waals surface area contributed by atoms with Crippen molar-refractivity contribution < 1.29 is 9.59 Å². The molecule has 0 unspecified atom stereocenters. The van der Waals surface area contributed by atoms with Crippen LogP contribution in [0.25, 0.3) is 10.8 Å². The second-order valence-corrected chi connectivity index (χ2v) is 8.56. The molecular formula is C26H27N3O2. The average molecular weight is 414 g/mol. The lowest BCUT2D eigenvalue weighted by Crippen LogP contribution is -2.49. The Labute approximate surface area is 182 Å². The van der Waals surface area contributed by atoms with Gasteiger partial charge in [-0.2, -0.15) is 0 Å². The molecule has 3 aromatic rings. The van der Waals surface area contributed by atoms with Crippen molar-refractivity contribution >= 4 is 22.6 Å². The van der Waals surface area contributed by atoms with Crippen LogP contribution in [0.2, 0.25) is 0 Å². The number of nitrogens with zero attached hydrogens (tertiary/aromatic N) is 3. The molecule has 5 nitrogen and oxygen atoms in total. The topological polar surface area (TPSA) is 53.5 Å². The van der Waals surface area contributed by atoms with Crippen LogP contribution in [-0.4, -0.2) is 45.2 Å². The van der Waals surface area contributed by atoms with E-state index in [0.717, 1.165) is 42.0 Å². The maximum atomic E-state index is 13.6. The summed E-state index contributed by atoms with van der Waals surface area (Å²) < 4.78 is 0. The number of hydrogen-bond donors (Lipinski definition) is 0. The van der Waals surface area contributed by atoms with E-state index < -0.39 is 0 Å². The highest BCUT2D eigenvalue weighted by atomic mass is 16.2. The molecule has 0 aliphatic carbocycles. The van der Waals surface area contributed by atoms with E-state index in [9.17, 15) is 9.59 Å². The fourth-order valence-electron chi connectivity index (χ4n) is 5.17. The number of carbonyl (C=O) groups excluding carboxylic acids is 2. The van der Waals surface area contributed by atoms with Crippen molar-refractivity contribution in [3.8, 4) is 0 Å². The van der Waals surface area contributed by atoms with Crippen LogP contribution in [0.1, 0.15) is 48.2 Å². The quantitative estimate of drug-likeness (QED) is 0.639. The fourth-order valence-corrected chi connectivity index (χ4v) is 5.17. The minimum atomic E-state index is -0.0167. The summed E-state index contributed by atoms with van der Waals surface area (Å²) in [5, 5.41) is 1.91. The van der Waals surface area contributed by atoms with Crippen molar-refractivity contribution in [1.82, 2.24) is 14.8 Å². The molecule has 2 aliphatic rings. The van der Waals surface area contributed by atoms with Gasteiger partial charge in [-0.15, -0.1) is 0 Å². The summed E-state index contributed by atoms with van der Waals surface area (Å²) in [5.74, 6) is 0.188. The van der Waals surface area contributed by atoms with Crippen LogP contribution in [0.3, 0.4) is 0 Å². The summed E-state index contributed by atoms with van der Waals surface area (Å²) in [6.45, 7) is 1.27. The number of hydrogen-bond acceptors (Lipinski definition) is 3. The van der Waals surface area contributed by atoms with Crippen molar-refractivity contribution in [2.45, 2.75) is 50.7 Å². The fraction of sp³-hybridized carbons (Fsp3) is 0.346. The number of carbonyl (C=O) groups is 2. The molecule has 2 atom stereocenters. The van der Waals surface area contributed by atoms with Gasteiger partial charge in [0, 0.05) is 31.1 Å². The third-order valence-electron chi connectivity index (χ3n) is 6.70. The average Bonchev–Trinajstić information content (AvgIpc) is 3.22. The SMILES string of the molecule is O=C(c1nccc2ccccc12)N1CC[C@H]2[C@H]1CCCCC(=O)N2Cc1ccccc1. The normalized spacial score (nSPS) is 21.6. The molecule has 2 saturated heterocycles. The summed E-state index contributed by atoms with van der Waals surface area (Å²) >= 11 is 0. The van der Waals surface area contributed by atoms with Crippen molar-refractivity contribution in [2.24, 2.45) is 0 Å². The minimum absolute atomic E-state index is 0.0167. The van der Waals surface area contributed by atoms with E-state index in [1.807, 2.05) is 58.3 Å². The van der Waals surface area contributed by atoms with Crippen molar-refractivity contribution in [3.05, 3.63) is 78.1 Å². The first kappa shape index (κ1) is 19.7. The molecule has 0 N–H and O–H groups in total. The Kier molecular flexibility index (Phi) is 5.41. The molecular weight excluding hydrogens is 386 g/mol. The molecule has 158 valence electrons. The van der Waals surface area contributed by atoms with Gasteiger partial charge in [0.05, 0.1) is 12.1 Å². The zero-order chi connectivity index (χ0) is 21.2. The predicted octanol–water partition coefficient (Wildman–Crippen LogP) is 4.42. The van der Waals surface area contributed by atoms with Crippen LogP contribution in [0.5, 0.6) is 0 Å². The second-order valence-electron chi connectivity index (χ2n) is 8.56. The lowest BCUT2D eigenvalue weighted by molar-refractivity contribution is -0.135. The number of pyridine rings is 1. The first-order chi connectivity index (χ1) is 15.2. The Morgan fingerprint density at radius 3 is 2.61 bits per heavy atom. The van der Waals surface area contributed by atoms with E-state index in [1.165, 1.54) is 0 Å². The van der Waals surface area contributed by atoms with Crippen LogP contribution in [0.15, 0.2) is 66.9 Å². The van der Waals surface area contributed by atoms with Crippen molar-refractivity contribution in [1.29, 1.82) is 0 Å². The predicted molar refractivity (Wildman–Crippen MR) is 120 cm³/mol. The zero-order valence-electron chi connectivity index (χ0n) is 17.6. The lowest BCUT2D eigenvalue weighted by atomic mass is 9.96. The number of amides is 2. The molecule has 0 spiro atoms. The van der Waals surface area contributed by atoms with Crippen molar-refractivity contribution in [3.63, 3.8) is 0 Å². The smallest absolute Gasteiger partial charge is 0.273 e. The van der Waals surface area contributed by atoms with Crippen LogP contribution < -0.4 is 0 Å². The van der Waals surface area contributed by atoms with Gasteiger partial charge in [-0.3, -0.25) is 14.6 Å². The van der Waals surface area contributed by atoms with E-state index in [-0.39, 0.29) is 23.9 Å². The highest BCUT2D eigenvalue weighted by Crippen LogP contribution is 2.33. The molecule has 5 rings (SSSR count). The largest absolute Gasteiger partial charge is 0.333 e. The molecule has 2 fully saturated rings. The van der Waals surface area contributed by atoms with Gasteiger partial charge in [0.1, 0.15) is 5.69 Å². The first-order valence-electron chi connectivity index (χ1n) is 11.2. The van der Waals surface area contributed by atoms with Crippen LogP contribution in [-0.2, 0) is 11.3 Å². The van der Waals surface area contributed by atoms with Gasteiger partial charge in [-0.25, -0.2) is 0 Å². The Balaban J connectivity index is 1.45. The monoisotopic (exact) mass is 413 g/mol. The van der Waals surface area contributed by atoms with Gasteiger partial charge >= 0.3 is 0 Å². The molecule has 0 saturated carbocycles. The molecule has 3 heterocycles. The summed E-state index contributed by atoms with van der Waals surface area (Å²) in [5.41, 5.74) is 1.65. The van der Waals surface area contributed by atoms with E-state index in [1.54, 1.807) is 6.20 Å². The maximum absolute atomic E-state index is 13.6. The van der Waals surface area contributed by atoms with E-state index in [2.05, 4.69) is 17.1 Å². The number of rotatable bonds is 3. The Morgan fingerprint density at radius 2 is 1.74 bits per heavy atom. The minimum Gasteiger partial charge on any atom is -0.333 e. The maximum Gasteiger partial charge on any atom is 0.273 e. The van der Waals surface area contributed by atoms with E-state index in [0.29, 0.717) is 25.2 Å². The van der Waals surface area contributed by atoms with Gasteiger partial charge in [0.25, 0.3) is 5.91 Å². The number of benzene rings is 2. The Bertz CT molecular complexity index is 1090. The second kappa shape index (κ2) is 8.50. The molecule has 5 heteroatoms. The third-order valence-corrected chi connectivity index (χ3v) is 6.70. The summed E-state index contributed by atoms with van der Waals surface area (Å²) in [6.07, 6.45) is 5.90. The molecule has 1 aromatic heterocycles. The molecule has 2 aliphatic heterocycles. The highest BCUT2D eigenvalue weighted by Gasteiger charge is 2.42. The van der Waals surface area contributed by atoms with E-state index in [4.69, 9.17) is 0 Å². The Morgan fingerprint density at radius 1 is 0.935 bits per heavy atom. The molecule has 0 bridgehead atoms. The zero-order valence-corrected chi connectivity index (χ0v) is 17.6. The van der Waals surface area contributed by atoms with Gasteiger partial charge in [-0.1, -0.05) is 61.0 Å². The first-order valence-corrected chi connectivity index (χ1v) is 11.2. The molecule has 2 aromatic carbocycles. The Hall–Kier alpha value is -3.21. The molecule has 0 radical (unpaired) electrons. The highest BCUT2D eigenvalue weighted by molar-refractivity contribution is 6.05. The van der Waals surface area contributed by atoms with Crippen LogP contribution in [0, 0.1) is 0 Å².